The molecule has 2 saturated heterocycles. The first-order valence-electron chi connectivity index (χ1n) is 10.0. The van der Waals surface area contributed by atoms with Crippen molar-refractivity contribution < 1.29 is 27.2 Å². The monoisotopic (exact) mass is 411 g/mol. The minimum absolute atomic E-state index is 0.0230. The van der Waals surface area contributed by atoms with Crippen molar-refractivity contribution in [3.63, 3.8) is 0 Å². The fraction of sp³-hybridized carbons (Fsp3) is 0.650. The second kappa shape index (κ2) is 7.59. The molecule has 0 saturated carbocycles. The van der Waals surface area contributed by atoms with E-state index in [1.807, 2.05) is 0 Å². The summed E-state index contributed by atoms with van der Waals surface area (Å²) in [5.41, 5.74) is -0.208. The van der Waals surface area contributed by atoms with Crippen LogP contribution < -0.4 is 0 Å². The molecule has 6 nitrogen and oxygen atoms in total. The van der Waals surface area contributed by atoms with Crippen molar-refractivity contribution in [2.24, 2.45) is 0 Å². The van der Waals surface area contributed by atoms with E-state index in [2.05, 4.69) is 10.1 Å². The van der Waals surface area contributed by atoms with E-state index in [1.54, 1.807) is 18.7 Å². The van der Waals surface area contributed by atoms with E-state index in [9.17, 15) is 18.0 Å². The highest BCUT2D eigenvalue weighted by molar-refractivity contribution is 5.82. The maximum absolute atomic E-state index is 13.8. The van der Waals surface area contributed by atoms with Gasteiger partial charge < -0.3 is 14.2 Å². The number of carbonyl (C=O) groups is 1. The Bertz CT molecular complexity index is 895. The number of hydrogen-bond donors (Lipinski definition) is 0. The first-order valence-corrected chi connectivity index (χ1v) is 10.0. The predicted octanol–water partition coefficient (Wildman–Crippen LogP) is 4.25. The van der Waals surface area contributed by atoms with E-state index in [0.717, 1.165) is 18.9 Å². The van der Waals surface area contributed by atoms with Gasteiger partial charge in [-0.15, -0.1) is 0 Å². The molecule has 2 fully saturated rings. The Hall–Kier alpha value is -2.16. The number of nitrogens with zero attached hydrogens (tertiary/aromatic N) is 3. The molecule has 1 amide bonds. The van der Waals surface area contributed by atoms with Crippen LogP contribution in [0.5, 0.6) is 0 Å². The van der Waals surface area contributed by atoms with Crippen LogP contribution >= 0.6 is 0 Å². The third-order valence-corrected chi connectivity index (χ3v) is 5.79. The van der Waals surface area contributed by atoms with Crippen molar-refractivity contribution in [2.75, 3.05) is 19.7 Å². The molecule has 2 aromatic heterocycles. The molecule has 0 radical (unpaired) electrons. The van der Waals surface area contributed by atoms with Crippen molar-refractivity contribution in [3.05, 3.63) is 23.0 Å². The van der Waals surface area contributed by atoms with E-state index < -0.39 is 11.7 Å². The summed E-state index contributed by atoms with van der Waals surface area (Å²) in [6.07, 6.45) is -2.24. The largest absolute Gasteiger partial charge is 0.417 e. The lowest BCUT2D eigenvalue weighted by Gasteiger charge is -2.32. The van der Waals surface area contributed by atoms with E-state index in [4.69, 9.17) is 9.26 Å². The smallest absolute Gasteiger partial charge is 0.368 e. The van der Waals surface area contributed by atoms with Crippen molar-refractivity contribution in [1.82, 2.24) is 15.0 Å². The quantitative estimate of drug-likeness (QED) is 0.755. The molecule has 29 heavy (non-hydrogen) atoms. The van der Waals surface area contributed by atoms with Crippen molar-refractivity contribution in [1.29, 1.82) is 0 Å². The lowest BCUT2D eigenvalue weighted by Crippen LogP contribution is -2.43. The molecular formula is C20H24F3N3O3. The van der Waals surface area contributed by atoms with E-state index >= 15 is 0 Å². The molecule has 0 unspecified atom stereocenters. The fourth-order valence-corrected chi connectivity index (χ4v) is 4.14. The van der Waals surface area contributed by atoms with Gasteiger partial charge in [0.2, 0.25) is 0 Å². The normalized spacial score (nSPS) is 21.4. The third kappa shape index (κ3) is 3.84. The Kier molecular flexibility index (Phi) is 5.27. The van der Waals surface area contributed by atoms with E-state index in [1.165, 1.54) is 0 Å². The molecule has 0 bridgehead atoms. The molecule has 0 aromatic carbocycles. The van der Waals surface area contributed by atoms with Gasteiger partial charge in [0.1, 0.15) is 6.10 Å². The first-order chi connectivity index (χ1) is 13.8. The predicted molar refractivity (Wildman–Crippen MR) is 98.4 cm³/mol. The average Bonchev–Trinajstić information content (AvgIpc) is 3.36. The molecular weight excluding hydrogens is 387 g/mol. The standard InChI is InChI=1S/C20H24F3N3O3/c1-11(2)14-10-13(20(21,22)23)16-17(25-29-18(16)24-14)12-5-7-26(8-6-12)19(27)15-4-3-9-28-15/h10-12,15H,3-9H2,1-2H3/t15-/m1/s1. The molecule has 0 spiro atoms. The number of aromatic nitrogens is 2. The summed E-state index contributed by atoms with van der Waals surface area (Å²) in [6, 6.07) is 1.10. The highest BCUT2D eigenvalue weighted by Crippen LogP contribution is 2.41. The van der Waals surface area contributed by atoms with Gasteiger partial charge in [0.05, 0.1) is 16.6 Å². The van der Waals surface area contributed by atoms with Gasteiger partial charge in [0.25, 0.3) is 11.6 Å². The zero-order valence-electron chi connectivity index (χ0n) is 16.5. The maximum atomic E-state index is 13.8. The molecule has 158 valence electrons. The van der Waals surface area contributed by atoms with Gasteiger partial charge in [-0.05, 0) is 37.7 Å². The highest BCUT2D eigenvalue weighted by Gasteiger charge is 2.39. The number of ether oxygens (including phenoxy) is 1. The Labute approximate surface area is 166 Å². The van der Waals surface area contributed by atoms with Crippen molar-refractivity contribution in [2.45, 2.75) is 63.6 Å². The molecule has 0 N–H and O–H groups in total. The summed E-state index contributed by atoms with van der Waals surface area (Å²) in [4.78, 5) is 18.5. The van der Waals surface area contributed by atoms with Crippen LogP contribution in [-0.4, -0.2) is 46.7 Å². The van der Waals surface area contributed by atoms with Crippen LogP contribution in [0.2, 0.25) is 0 Å². The molecule has 2 aromatic rings. The second-order valence-electron chi connectivity index (χ2n) is 8.10. The van der Waals surface area contributed by atoms with Crippen LogP contribution in [-0.2, 0) is 15.7 Å². The van der Waals surface area contributed by atoms with Gasteiger partial charge in [0.15, 0.2) is 0 Å². The van der Waals surface area contributed by atoms with Crippen molar-refractivity contribution in [3.8, 4) is 0 Å². The Balaban J connectivity index is 1.59. The summed E-state index contributed by atoms with van der Waals surface area (Å²) in [7, 11) is 0. The number of likely N-dealkylation sites (tertiary alicyclic amines) is 1. The van der Waals surface area contributed by atoms with Gasteiger partial charge in [-0.25, -0.2) is 4.98 Å². The fourth-order valence-electron chi connectivity index (χ4n) is 4.14. The van der Waals surface area contributed by atoms with Crippen LogP contribution in [0.15, 0.2) is 10.6 Å². The molecule has 2 aliphatic heterocycles. The number of halogens is 3. The van der Waals surface area contributed by atoms with Crippen LogP contribution in [0, 0.1) is 0 Å². The second-order valence-corrected chi connectivity index (χ2v) is 8.10. The summed E-state index contributed by atoms with van der Waals surface area (Å²) >= 11 is 0. The summed E-state index contributed by atoms with van der Waals surface area (Å²) in [6.45, 7) is 5.11. The number of piperidine rings is 1. The van der Waals surface area contributed by atoms with Gasteiger partial charge in [0, 0.05) is 31.3 Å². The Morgan fingerprint density at radius 3 is 2.55 bits per heavy atom. The molecule has 1 atom stereocenters. The summed E-state index contributed by atoms with van der Waals surface area (Å²) in [5, 5.41) is 3.93. The minimum Gasteiger partial charge on any atom is -0.368 e. The average molecular weight is 411 g/mol. The van der Waals surface area contributed by atoms with Crippen LogP contribution in [0.1, 0.15) is 68.3 Å². The minimum atomic E-state index is -4.53. The van der Waals surface area contributed by atoms with Gasteiger partial charge in [-0.2, -0.15) is 13.2 Å². The zero-order chi connectivity index (χ0) is 20.8. The maximum Gasteiger partial charge on any atom is 0.417 e. The van der Waals surface area contributed by atoms with Crippen LogP contribution in [0.25, 0.3) is 11.1 Å². The number of amides is 1. The highest BCUT2D eigenvalue weighted by atomic mass is 19.4. The number of pyridine rings is 1. The summed E-state index contributed by atoms with van der Waals surface area (Å²) in [5.74, 6) is -0.399. The number of alkyl halides is 3. The molecule has 4 heterocycles. The number of hydrogen-bond acceptors (Lipinski definition) is 5. The molecule has 0 aliphatic carbocycles. The molecule has 4 rings (SSSR count). The third-order valence-electron chi connectivity index (χ3n) is 5.79. The molecule has 2 aliphatic rings. The topological polar surface area (TPSA) is 68.5 Å². The SMILES string of the molecule is CC(C)c1cc(C(F)(F)F)c2c(C3CCN(C(=O)[C@H]4CCCO4)CC3)noc2n1. The lowest BCUT2D eigenvalue weighted by atomic mass is 9.90. The number of rotatable bonds is 3. The van der Waals surface area contributed by atoms with Gasteiger partial charge >= 0.3 is 6.18 Å². The molecule has 9 heteroatoms. The van der Waals surface area contributed by atoms with Crippen LogP contribution in [0.4, 0.5) is 13.2 Å². The number of fused-ring (bicyclic) bond motifs is 1. The van der Waals surface area contributed by atoms with Gasteiger partial charge in [-0.3, -0.25) is 4.79 Å². The zero-order valence-corrected chi connectivity index (χ0v) is 16.5. The van der Waals surface area contributed by atoms with E-state index in [0.29, 0.717) is 43.9 Å². The van der Waals surface area contributed by atoms with Crippen molar-refractivity contribution >= 4 is 17.0 Å². The van der Waals surface area contributed by atoms with Gasteiger partial charge in [-0.1, -0.05) is 19.0 Å². The Morgan fingerprint density at radius 1 is 1.24 bits per heavy atom. The lowest BCUT2D eigenvalue weighted by molar-refractivity contribution is -0.142. The number of carbonyl (C=O) groups excluding carboxylic acids is 1. The Morgan fingerprint density at radius 2 is 1.97 bits per heavy atom. The van der Waals surface area contributed by atoms with E-state index in [-0.39, 0.29) is 34.9 Å². The summed E-state index contributed by atoms with van der Waals surface area (Å²) < 4.78 is 52.0. The first kappa shape index (κ1) is 20.1. The van der Waals surface area contributed by atoms with Crippen LogP contribution in [0.3, 0.4) is 0 Å².